The van der Waals surface area contributed by atoms with Crippen molar-refractivity contribution in [2.24, 2.45) is 0 Å². The van der Waals surface area contributed by atoms with Crippen molar-refractivity contribution in [1.29, 1.82) is 0 Å². The van der Waals surface area contributed by atoms with E-state index in [9.17, 15) is 4.79 Å². The molecule has 20 heavy (non-hydrogen) atoms. The van der Waals surface area contributed by atoms with Gasteiger partial charge < -0.3 is 9.80 Å². The number of carbonyl (C=O) groups is 1. The third-order valence-electron chi connectivity index (χ3n) is 4.17. The molecule has 0 bridgehead atoms. The molecule has 1 amide bonds. The minimum absolute atomic E-state index is 0.262. The quantitative estimate of drug-likeness (QED) is 0.842. The highest BCUT2D eigenvalue weighted by atomic mass is 16.2. The van der Waals surface area contributed by atoms with Crippen LogP contribution in [0.25, 0.3) is 0 Å². The molecule has 1 heterocycles. The van der Waals surface area contributed by atoms with E-state index in [0.717, 1.165) is 38.3 Å². The maximum absolute atomic E-state index is 12.3. The predicted octanol–water partition coefficient (Wildman–Crippen LogP) is 2.52. The van der Waals surface area contributed by atoms with Gasteiger partial charge in [-0.15, -0.1) is 0 Å². The van der Waals surface area contributed by atoms with Crippen LogP contribution in [0.2, 0.25) is 0 Å². The maximum Gasteiger partial charge on any atom is 0.227 e. The highest BCUT2D eigenvalue weighted by molar-refractivity contribution is 5.78. The molecule has 0 spiro atoms. The zero-order valence-corrected chi connectivity index (χ0v) is 12.9. The lowest BCUT2D eigenvalue weighted by Gasteiger charge is -2.34. The van der Waals surface area contributed by atoms with Gasteiger partial charge in [0.25, 0.3) is 0 Å². The van der Waals surface area contributed by atoms with Crippen LogP contribution in [-0.4, -0.2) is 48.4 Å². The van der Waals surface area contributed by atoms with Crippen molar-refractivity contribution < 1.29 is 4.79 Å². The molecule has 0 unspecified atom stereocenters. The largest absolute Gasteiger partial charge is 0.340 e. The Kier molecular flexibility index (Phi) is 5.18. The summed E-state index contributed by atoms with van der Waals surface area (Å²) in [6.45, 7) is 11.4. The summed E-state index contributed by atoms with van der Waals surface area (Å²) in [6.07, 6.45) is 0.532. The Labute approximate surface area is 122 Å². The monoisotopic (exact) mass is 274 g/mol. The van der Waals surface area contributed by atoms with Crippen LogP contribution in [-0.2, 0) is 11.2 Å². The number of likely N-dealkylation sites (N-methyl/N-ethyl adjacent to an activating group) is 1. The lowest BCUT2D eigenvalue weighted by atomic mass is 10.0. The van der Waals surface area contributed by atoms with Crippen molar-refractivity contribution >= 4 is 5.91 Å². The Bertz CT molecular complexity index is 431. The summed E-state index contributed by atoms with van der Waals surface area (Å²) in [5, 5.41) is 0. The standard InChI is InChI=1S/C17H26N2O/c1-4-18-9-11-19(12-10-18)17(20)13-15-5-7-16(8-6-15)14(2)3/h5-8,14H,4,9-13H2,1-3H3. The first-order valence-corrected chi connectivity index (χ1v) is 7.69. The Hall–Kier alpha value is -1.35. The number of amides is 1. The molecule has 110 valence electrons. The average molecular weight is 274 g/mol. The topological polar surface area (TPSA) is 23.6 Å². The molecule has 1 aliphatic heterocycles. The highest BCUT2D eigenvalue weighted by Crippen LogP contribution is 2.15. The predicted molar refractivity (Wildman–Crippen MR) is 82.9 cm³/mol. The number of nitrogens with zero attached hydrogens (tertiary/aromatic N) is 2. The van der Waals surface area contributed by atoms with Crippen molar-refractivity contribution in [3.8, 4) is 0 Å². The van der Waals surface area contributed by atoms with E-state index in [1.807, 2.05) is 4.90 Å². The fourth-order valence-electron chi connectivity index (χ4n) is 2.62. The summed E-state index contributed by atoms with van der Waals surface area (Å²) in [6, 6.07) is 8.47. The van der Waals surface area contributed by atoms with Gasteiger partial charge >= 0.3 is 0 Å². The zero-order valence-electron chi connectivity index (χ0n) is 12.9. The highest BCUT2D eigenvalue weighted by Gasteiger charge is 2.20. The smallest absolute Gasteiger partial charge is 0.227 e. The van der Waals surface area contributed by atoms with Crippen molar-refractivity contribution in [3.63, 3.8) is 0 Å². The lowest BCUT2D eigenvalue weighted by Crippen LogP contribution is -2.48. The number of rotatable bonds is 4. The molecule has 0 saturated carbocycles. The van der Waals surface area contributed by atoms with Crippen LogP contribution < -0.4 is 0 Å². The molecule has 1 aromatic rings. The van der Waals surface area contributed by atoms with Gasteiger partial charge in [-0.05, 0) is 23.6 Å². The van der Waals surface area contributed by atoms with E-state index < -0.39 is 0 Å². The summed E-state index contributed by atoms with van der Waals surface area (Å²) in [5.74, 6) is 0.805. The first-order chi connectivity index (χ1) is 9.60. The van der Waals surface area contributed by atoms with Gasteiger partial charge in [0.1, 0.15) is 0 Å². The second kappa shape index (κ2) is 6.89. The third-order valence-corrected chi connectivity index (χ3v) is 4.17. The van der Waals surface area contributed by atoms with E-state index in [1.165, 1.54) is 5.56 Å². The van der Waals surface area contributed by atoms with Crippen molar-refractivity contribution in [3.05, 3.63) is 35.4 Å². The first kappa shape index (κ1) is 15.0. The Morgan fingerprint density at radius 2 is 1.70 bits per heavy atom. The Morgan fingerprint density at radius 3 is 2.20 bits per heavy atom. The lowest BCUT2D eigenvalue weighted by molar-refractivity contribution is -0.132. The average Bonchev–Trinajstić information content (AvgIpc) is 2.48. The number of hydrogen-bond acceptors (Lipinski definition) is 2. The van der Waals surface area contributed by atoms with Crippen LogP contribution in [0.3, 0.4) is 0 Å². The molecule has 0 radical (unpaired) electrons. The van der Waals surface area contributed by atoms with E-state index in [0.29, 0.717) is 12.3 Å². The molecule has 1 saturated heterocycles. The Balaban J connectivity index is 1.88. The van der Waals surface area contributed by atoms with Crippen LogP contribution in [0.1, 0.15) is 37.8 Å². The number of piperazine rings is 1. The fourth-order valence-corrected chi connectivity index (χ4v) is 2.62. The SMILES string of the molecule is CCN1CCN(C(=O)Cc2ccc(C(C)C)cc2)CC1. The van der Waals surface area contributed by atoms with Gasteiger partial charge in [0.15, 0.2) is 0 Å². The van der Waals surface area contributed by atoms with Gasteiger partial charge in [0.2, 0.25) is 5.91 Å². The summed E-state index contributed by atoms with van der Waals surface area (Å²) in [4.78, 5) is 16.7. The zero-order chi connectivity index (χ0) is 14.5. The van der Waals surface area contributed by atoms with Crippen LogP contribution in [0.5, 0.6) is 0 Å². The van der Waals surface area contributed by atoms with Crippen LogP contribution >= 0.6 is 0 Å². The summed E-state index contributed by atoms with van der Waals surface area (Å²) < 4.78 is 0. The molecule has 1 aliphatic rings. The molecule has 2 rings (SSSR count). The summed E-state index contributed by atoms with van der Waals surface area (Å²) >= 11 is 0. The van der Waals surface area contributed by atoms with Crippen LogP contribution in [0, 0.1) is 0 Å². The van der Waals surface area contributed by atoms with Crippen molar-refractivity contribution in [2.45, 2.75) is 33.1 Å². The van der Waals surface area contributed by atoms with Crippen LogP contribution in [0.4, 0.5) is 0 Å². The number of benzene rings is 1. The molecule has 0 N–H and O–H groups in total. The normalized spacial score (nSPS) is 16.7. The molecule has 0 atom stereocenters. The second-order valence-electron chi connectivity index (χ2n) is 5.89. The van der Waals surface area contributed by atoms with E-state index in [-0.39, 0.29) is 5.91 Å². The second-order valence-corrected chi connectivity index (χ2v) is 5.89. The van der Waals surface area contributed by atoms with Crippen molar-refractivity contribution in [2.75, 3.05) is 32.7 Å². The van der Waals surface area contributed by atoms with Gasteiger partial charge in [-0.25, -0.2) is 0 Å². The van der Waals surface area contributed by atoms with E-state index >= 15 is 0 Å². The summed E-state index contributed by atoms with van der Waals surface area (Å²) in [7, 11) is 0. The molecular weight excluding hydrogens is 248 g/mol. The minimum Gasteiger partial charge on any atom is -0.340 e. The first-order valence-electron chi connectivity index (χ1n) is 7.69. The van der Waals surface area contributed by atoms with Gasteiger partial charge in [0.05, 0.1) is 6.42 Å². The molecule has 0 aromatic heterocycles. The molecular formula is C17H26N2O. The molecule has 3 heteroatoms. The van der Waals surface area contributed by atoms with E-state index in [4.69, 9.17) is 0 Å². The van der Waals surface area contributed by atoms with Crippen molar-refractivity contribution in [1.82, 2.24) is 9.80 Å². The van der Waals surface area contributed by atoms with E-state index in [1.54, 1.807) is 0 Å². The van der Waals surface area contributed by atoms with Gasteiger partial charge in [-0.2, -0.15) is 0 Å². The van der Waals surface area contributed by atoms with Crippen LogP contribution in [0.15, 0.2) is 24.3 Å². The number of hydrogen-bond donors (Lipinski definition) is 0. The third kappa shape index (κ3) is 3.83. The molecule has 3 nitrogen and oxygen atoms in total. The number of carbonyl (C=O) groups excluding carboxylic acids is 1. The minimum atomic E-state index is 0.262. The summed E-state index contributed by atoms with van der Waals surface area (Å²) in [5.41, 5.74) is 2.45. The molecule has 1 aromatic carbocycles. The molecule has 0 aliphatic carbocycles. The van der Waals surface area contributed by atoms with Gasteiger partial charge in [0, 0.05) is 26.2 Å². The maximum atomic E-state index is 12.3. The van der Waals surface area contributed by atoms with Gasteiger partial charge in [-0.3, -0.25) is 4.79 Å². The Morgan fingerprint density at radius 1 is 1.10 bits per heavy atom. The fraction of sp³-hybridized carbons (Fsp3) is 0.588. The molecule has 1 fully saturated rings. The van der Waals surface area contributed by atoms with Gasteiger partial charge in [-0.1, -0.05) is 45.0 Å². The van der Waals surface area contributed by atoms with E-state index in [2.05, 4.69) is 49.9 Å².